The molecule has 0 radical (unpaired) electrons. The molecule has 2 unspecified atom stereocenters. The average molecular weight is 263 g/mol. The highest BCUT2D eigenvalue weighted by molar-refractivity contribution is 7.90. The molecule has 5 heteroatoms. The molecule has 1 fully saturated rings. The Morgan fingerprint density at radius 1 is 1.47 bits per heavy atom. The topological polar surface area (TPSA) is 55.4 Å². The molecule has 0 aromatic carbocycles. The van der Waals surface area contributed by atoms with E-state index in [0.717, 1.165) is 38.8 Å². The quantitative estimate of drug-likeness (QED) is 0.718. The molecule has 0 aliphatic carbocycles. The molecule has 17 heavy (non-hydrogen) atoms. The van der Waals surface area contributed by atoms with Crippen LogP contribution in [-0.2, 0) is 14.6 Å². The van der Waals surface area contributed by atoms with Gasteiger partial charge in [0.1, 0.15) is 9.84 Å². The van der Waals surface area contributed by atoms with E-state index in [1.165, 1.54) is 6.26 Å². The summed E-state index contributed by atoms with van der Waals surface area (Å²) < 4.78 is 28.0. The Morgan fingerprint density at radius 2 is 2.24 bits per heavy atom. The Kier molecular flexibility index (Phi) is 6.44. The molecule has 0 spiro atoms. The molecule has 2 atom stereocenters. The standard InChI is InChI=1S/C12H25NO3S/c1-3-7-13-11(6-9-17(2,14)15)10-12-5-4-8-16-12/h11-13H,3-10H2,1-2H3. The van der Waals surface area contributed by atoms with Crippen LogP contribution < -0.4 is 5.32 Å². The Hall–Kier alpha value is -0.130. The lowest BCUT2D eigenvalue weighted by molar-refractivity contribution is 0.0942. The molecular weight excluding hydrogens is 238 g/mol. The summed E-state index contributed by atoms with van der Waals surface area (Å²) in [5.74, 6) is 0.265. The highest BCUT2D eigenvalue weighted by atomic mass is 32.2. The number of hydrogen-bond acceptors (Lipinski definition) is 4. The monoisotopic (exact) mass is 263 g/mol. The molecule has 0 aromatic rings. The first-order valence-corrected chi connectivity index (χ1v) is 8.60. The van der Waals surface area contributed by atoms with Crippen LogP contribution in [0.25, 0.3) is 0 Å². The van der Waals surface area contributed by atoms with E-state index in [9.17, 15) is 8.42 Å². The van der Waals surface area contributed by atoms with Gasteiger partial charge in [-0.2, -0.15) is 0 Å². The number of nitrogens with one attached hydrogen (secondary N) is 1. The second-order valence-electron chi connectivity index (χ2n) is 4.94. The molecule has 0 aromatic heterocycles. The van der Waals surface area contributed by atoms with E-state index in [4.69, 9.17) is 4.74 Å². The summed E-state index contributed by atoms with van der Waals surface area (Å²) in [5.41, 5.74) is 0. The van der Waals surface area contributed by atoms with Crippen LogP contribution in [0, 0.1) is 0 Å². The van der Waals surface area contributed by atoms with Gasteiger partial charge in [-0.3, -0.25) is 0 Å². The lowest BCUT2D eigenvalue weighted by Crippen LogP contribution is -2.34. The maximum absolute atomic E-state index is 11.2. The molecule has 102 valence electrons. The molecular formula is C12H25NO3S. The molecule has 1 aliphatic rings. The van der Waals surface area contributed by atoms with Gasteiger partial charge in [0.05, 0.1) is 11.9 Å². The van der Waals surface area contributed by atoms with E-state index in [0.29, 0.717) is 12.5 Å². The molecule has 0 amide bonds. The number of ether oxygens (including phenoxy) is 1. The van der Waals surface area contributed by atoms with E-state index in [1.807, 2.05) is 0 Å². The zero-order valence-electron chi connectivity index (χ0n) is 10.9. The van der Waals surface area contributed by atoms with Gasteiger partial charge in [0.15, 0.2) is 0 Å². The summed E-state index contributed by atoms with van der Waals surface area (Å²) in [6, 6.07) is 0.271. The smallest absolute Gasteiger partial charge is 0.147 e. The van der Waals surface area contributed by atoms with Crippen molar-refractivity contribution in [3.63, 3.8) is 0 Å². The predicted molar refractivity (Wildman–Crippen MR) is 70.0 cm³/mol. The first-order chi connectivity index (χ1) is 8.01. The largest absolute Gasteiger partial charge is 0.378 e. The minimum absolute atomic E-state index is 0.265. The fraction of sp³-hybridized carbons (Fsp3) is 1.00. The van der Waals surface area contributed by atoms with Gasteiger partial charge in [0.2, 0.25) is 0 Å². The molecule has 0 bridgehead atoms. The second kappa shape index (κ2) is 7.34. The molecule has 4 nitrogen and oxygen atoms in total. The van der Waals surface area contributed by atoms with Crippen LogP contribution in [-0.4, -0.2) is 45.7 Å². The van der Waals surface area contributed by atoms with Gasteiger partial charge in [-0.1, -0.05) is 6.92 Å². The fourth-order valence-electron chi connectivity index (χ4n) is 2.16. The third-order valence-corrected chi connectivity index (χ3v) is 4.07. The molecule has 1 rings (SSSR count). The first kappa shape index (κ1) is 14.9. The van der Waals surface area contributed by atoms with Crippen LogP contribution in [0.1, 0.15) is 39.0 Å². The van der Waals surface area contributed by atoms with Crippen molar-refractivity contribution in [2.45, 2.75) is 51.2 Å². The van der Waals surface area contributed by atoms with E-state index >= 15 is 0 Å². The van der Waals surface area contributed by atoms with Crippen LogP contribution in [0.5, 0.6) is 0 Å². The van der Waals surface area contributed by atoms with Crippen LogP contribution in [0.4, 0.5) is 0 Å². The van der Waals surface area contributed by atoms with Crippen molar-refractivity contribution in [2.75, 3.05) is 25.2 Å². The van der Waals surface area contributed by atoms with Crippen LogP contribution >= 0.6 is 0 Å². The Balaban J connectivity index is 2.35. The van der Waals surface area contributed by atoms with Crippen LogP contribution in [0.15, 0.2) is 0 Å². The van der Waals surface area contributed by atoms with Crippen molar-refractivity contribution < 1.29 is 13.2 Å². The zero-order chi connectivity index (χ0) is 12.7. The zero-order valence-corrected chi connectivity index (χ0v) is 11.8. The Bertz CT molecular complexity index is 297. The van der Waals surface area contributed by atoms with Crippen molar-refractivity contribution in [3.8, 4) is 0 Å². The first-order valence-electron chi connectivity index (χ1n) is 6.54. The maximum atomic E-state index is 11.2. The highest BCUT2D eigenvalue weighted by Crippen LogP contribution is 2.18. The summed E-state index contributed by atoms with van der Waals surface area (Å²) in [4.78, 5) is 0. The summed E-state index contributed by atoms with van der Waals surface area (Å²) in [6.07, 6.45) is 6.58. The van der Waals surface area contributed by atoms with Gasteiger partial charge in [-0.25, -0.2) is 8.42 Å². The maximum Gasteiger partial charge on any atom is 0.147 e. The fourth-order valence-corrected chi connectivity index (χ4v) is 2.87. The minimum Gasteiger partial charge on any atom is -0.378 e. The van der Waals surface area contributed by atoms with E-state index in [2.05, 4.69) is 12.2 Å². The number of hydrogen-bond donors (Lipinski definition) is 1. The van der Waals surface area contributed by atoms with E-state index < -0.39 is 9.84 Å². The lowest BCUT2D eigenvalue weighted by Gasteiger charge is -2.21. The van der Waals surface area contributed by atoms with Gasteiger partial charge < -0.3 is 10.1 Å². The Labute approximate surface area is 105 Å². The number of rotatable bonds is 8. The third kappa shape index (κ3) is 7.01. The van der Waals surface area contributed by atoms with Crippen LogP contribution in [0.3, 0.4) is 0 Å². The van der Waals surface area contributed by atoms with Crippen molar-refractivity contribution >= 4 is 9.84 Å². The van der Waals surface area contributed by atoms with Gasteiger partial charge in [0, 0.05) is 18.9 Å². The predicted octanol–water partition coefficient (Wildman–Crippen LogP) is 1.36. The van der Waals surface area contributed by atoms with Gasteiger partial charge in [-0.05, 0) is 38.6 Å². The third-order valence-electron chi connectivity index (χ3n) is 3.09. The molecule has 0 saturated carbocycles. The Morgan fingerprint density at radius 3 is 2.76 bits per heavy atom. The molecule has 1 N–H and O–H groups in total. The summed E-state index contributed by atoms with van der Waals surface area (Å²) >= 11 is 0. The highest BCUT2D eigenvalue weighted by Gasteiger charge is 2.21. The SMILES string of the molecule is CCCNC(CCS(C)(=O)=O)CC1CCCO1. The van der Waals surface area contributed by atoms with Gasteiger partial charge in [-0.15, -0.1) is 0 Å². The van der Waals surface area contributed by atoms with Gasteiger partial charge >= 0.3 is 0 Å². The summed E-state index contributed by atoms with van der Waals surface area (Å²) in [7, 11) is -2.86. The average Bonchev–Trinajstić information content (AvgIpc) is 2.73. The minimum atomic E-state index is -2.86. The van der Waals surface area contributed by atoms with Gasteiger partial charge in [0.25, 0.3) is 0 Å². The van der Waals surface area contributed by atoms with E-state index in [1.54, 1.807) is 0 Å². The molecule has 1 saturated heterocycles. The van der Waals surface area contributed by atoms with Crippen molar-refractivity contribution in [1.82, 2.24) is 5.32 Å². The molecule has 1 heterocycles. The van der Waals surface area contributed by atoms with Crippen LogP contribution in [0.2, 0.25) is 0 Å². The lowest BCUT2D eigenvalue weighted by atomic mass is 10.0. The summed E-state index contributed by atoms with van der Waals surface area (Å²) in [5, 5.41) is 3.42. The van der Waals surface area contributed by atoms with E-state index in [-0.39, 0.29) is 11.8 Å². The van der Waals surface area contributed by atoms with Crippen molar-refractivity contribution in [1.29, 1.82) is 0 Å². The van der Waals surface area contributed by atoms with Crippen molar-refractivity contribution in [2.24, 2.45) is 0 Å². The number of sulfone groups is 1. The normalized spacial score (nSPS) is 22.8. The van der Waals surface area contributed by atoms with Crippen molar-refractivity contribution in [3.05, 3.63) is 0 Å². The summed E-state index contributed by atoms with van der Waals surface area (Å²) in [6.45, 7) is 3.92. The second-order valence-corrected chi connectivity index (χ2v) is 7.20. The molecule has 1 aliphatic heterocycles.